The molecule has 0 aliphatic heterocycles. The molecule has 0 saturated carbocycles. The van der Waals surface area contributed by atoms with Crippen molar-refractivity contribution in [1.82, 2.24) is 0 Å². The lowest BCUT2D eigenvalue weighted by Crippen LogP contribution is -1.88. The first-order valence-corrected chi connectivity index (χ1v) is 16.6. The molecule has 8 aromatic rings. The Bertz CT molecular complexity index is 2480. The van der Waals surface area contributed by atoms with Gasteiger partial charge >= 0.3 is 0 Å². The SMILES string of the molecule is C=CC.N#Cc1cc(-c2cccc3c2oc2ccccc23)ccc1-c1ccc(-c2ccc(-c3cccc(-c4ccccc4S)c3)cc2)cc1. The Hall–Kier alpha value is -6.08. The Balaban J connectivity index is 0.00000122. The summed E-state index contributed by atoms with van der Waals surface area (Å²) in [4.78, 5) is 0.969. The Labute approximate surface area is 292 Å². The zero-order valence-electron chi connectivity index (χ0n) is 27.1. The molecule has 0 N–H and O–H groups in total. The van der Waals surface area contributed by atoms with E-state index in [0.29, 0.717) is 5.56 Å². The number of nitrogens with zero attached hydrogens (tertiary/aromatic N) is 1. The van der Waals surface area contributed by atoms with E-state index < -0.39 is 0 Å². The van der Waals surface area contributed by atoms with Gasteiger partial charge in [-0.2, -0.15) is 5.26 Å². The van der Waals surface area contributed by atoms with E-state index in [9.17, 15) is 5.26 Å². The van der Waals surface area contributed by atoms with Crippen LogP contribution in [0.15, 0.2) is 180 Å². The second kappa shape index (κ2) is 14.0. The normalized spacial score (nSPS) is 10.7. The van der Waals surface area contributed by atoms with Crippen molar-refractivity contribution >= 4 is 34.6 Å². The lowest BCUT2D eigenvalue weighted by Gasteiger charge is -2.10. The van der Waals surface area contributed by atoms with Gasteiger partial charge in [0, 0.05) is 21.2 Å². The van der Waals surface area contributed by atoms with Crippen molar-refractivity contribution in [2.75, 3.05) is 0 Å². The highest BCUT2D eigenvalue weighted by molar-refractivity contribution is 7.80. The molecule has 0 saturated heterocycles. The van der Waals surface area contributed by atoms with Gasteiger partial charge in [-0.1, -0.05) is 140 Å². The number of hydrogen-bond donors (Lipinski definition) is 1. The van der Waals surface area contributed by atoms with E-state index in [1.165, 1.54) is 5.56 Å². The minimum atomic E-state index is 0.630. The molecule has 0 radical (unpaired) electrons. The first-order valence-electron chi connectivity index (χ1n) is 16.2. The van der Waals surface area contributed by atoms with Crippen molar-refractivity contribution in [3.63, 3.8) is 0 Å². The molecule has 0 amide bonds. The van der Waals surface area contributed by atoms with Gasteiger partial charge in [-0.3, -0.25) is 0 Å². The summed E-state index contributed by atoms with van der Waals surface area (Å²) < 4.78 is 6.26. The third-order valence-corrected chi connectivity index (χ3v) is 9.07. The van der Waals surface area contributed by atoms with Crippen LogP contribution in [0.2, 0.25) is 0 Å². The number of nitriles is 1. The summed E-state index contributed by atoms with van der Waals surface area (Å²) in [6, 6.07) is 56.6. The van der Waals surface area contributed by atoms with Crippen molar-refractivity contribution in [2.24, 2.45) is 0 Å². The fourth-order valence-corrected chi connectivity index (χ4v) is 6.60. The Morgan fingerprint density at radius 1 is 0.531 bits per heavy atom. The minimum Gasteiger partial charge on any atom is -0.455 e. The maximum atomic E-state index is 10.1. The third kappa shape index (κ3) is 6.31. The van der Waals surface area contributed by atoms with Crippen LogP contribution in [0.25, 0.3) is 77.6 Å². The first-order chi connectivity index (χ1) is 24.1. The average Bonchev–Trinajstić information content (AvgIpc) is 3.54. The number of allylic oxidation sites excluding steroid dienone is 1. The molecule has 0 bridgehead atoms. The second-order valence-corrected chi connectivity index (χ2v) is 12.3. The van der Waals surface area contributed by atoms with Gasteiger partial charge in [-0.25, -0.2) is 0 Å². The van der Waals surface area contributed by atoms with Crippen LogP contribution in [-0.4, -0.2) is 0 Å². The highest BCUT2D eigenvalue weighted by Crippen LogP contribution is 2.38. The van der Waals surface area contributed by atoms with Crippen LogP contribution >= 0.6 is 12.6 Å². The summed E-state index contributed by atoms with van der Waals surface area (Å²) in [6.45, 7) is 5.25. The number of fused-ring (bicyclic) bond motifs is 3. The summed E-state index contributed by atoms with van der Waals surface area (Å²) in [6.07, 6.45) is 1.75. The molecule has 0 aliphatic carbocycles. The molecule has 8 rings (SSSR count). The highest BCUT2D eigenvalue weighted by Gasteiger charge is 2.14. The standard InChI is InChI=1S/C43H27NOS.C3H6/c44-27-35-26-34(38-11-6-12-40-39-10-1-3-13-41(39)45-43(38)40)23-24-36(35)31-21-19-29(20-22-31)28-15-17-30(18-16-28)32-7-5-8-33(25-32)37-9-2-4-14-42(37)46;1-3-2/h1-26,46H;3H,1H2,2H3. The van der Waals surface area contributed by atoms with E-state index >= 15 is 0 Å². The fraction of sp³-hybridized carbons (Fsp3) is 0.0217. The van der Waals surface area contributed by atoms with Gasteiger partial charge < -0.3 is 4.42 Å². The van der Waals surface area contributed by atoms with Gasteiger partial charge in [-0.05, 0) is 81.3 Å². The largest absolute Gasteiger partial charge is 0.455 e. The molecular weight excluding hydrogens is 615 g/mol. The summed E-state index contributed by atoms with van der Waals surface area (Å²) in [5.74, 6) is 0. The van der Waals surface area contributed by atoms with Gasteiger partial charge in [0.25, 0.3) is 0 Å². The molecular formula is C46H33NOS. The Kier molecular flexibility index (Phi) is 8.98. The molecule has 234 valence electrons. The van der Waals surface area contributed by atoms with E-state index in [-0.39, 0.29) is 0 Å². The maximum absolute atomic E-state index is 10.1. The van der Waals surface area contributed by atoms with Crippen molar-refractivity contribution in [1.29, 1.82) is 5.26 Å². The number of rotatable bonds is 5. The van der Waals surface area contributed by atoms with Crippen molar-refractivity contribution in [2.45, 2.75) is 11.8 Å². The van der Waals surface area contributed by atoms with Crippen LogP contribution in [0.4, 0.5) is 0 Å². The van der Waals surface area contributed by atoms with Gasteiger partial charge in [-0.15, -0.1) is 19.2 Å². The van der Waals surface area contributed by atoms with Crippen molar-refractivity contribution < 1.29 is 4.42 Å². The van der Waals surface area contributed by atoms with Crippen LogP contribution in [-0.2, 0) is 0 Å². The summed E-state index contributed by atoms with van der Waals surface area (Å²) in [7, 11) is 0. The van der Waals surface area contributed by atoms with Gasteiger partial charge in [0.1, 0.15) is 11.2 Å². The molecule has 1 aromatic heterocycles. The second-order valence-electron chi connectivity index (χ2n) is 11.8. The van der Waals surface area contributed by atoms with Crippen LogP contribution < -0.4 is 0 Å². The summed E-state index contributed by atoms with van der Waals surface area (Å²) in [5, 5.41) is 12.3. The third-order valence-electron chi connectivity index (χ3n) is 8.68. The summed E-state index contributed by atoms with van der Waals surface area (Å²) >= 11 is 4.65. The molecule has 0 fully saturated rings. The molecule has 7 aromatic carbocycles. The van der Waals surface area contributed by atoms with Crippen molar-refractivity contribution in [3.05, 3.63) is 176 Å². The summed E-state index contributed by atoms with van der Waals surface area (Å²) in [5.41, 5.74) is 13.1. The lowest BCUT2D eigenvalue weighted by molar-refractivity contribution is 0.670. The molecule has 1 heterocycles. The molecule has 0 spiro atoms. The van der Waals surface area contributed by atoms with Crippen molar-refractivity contribution in [3.8, 4) is 61.7 Å². The average molecular weight is 648 g/mol. The molecule has 0 aliphatic rings. The molecule has 3 heteroatoms. The Morgan fingerprint density at radius 3 is 1.78 bits per heavy atom. The number of hydrogen-bond acceptors (Lipinski definition) is 3. The molecule has 0 unspecified atom stereocenters. The quantitative estimate of drug-likeness (QED) is 0.149. The minimum absolute atomic E-state index is 0.630. The van der Waals surface area contributed by atoms with Crippen LogP contribution in [0, 0.1) is 11.3 Å². The van der Waals surface area contributed by atoms with Crippen LogP contribution in [0.1, 0.15) is 12.5 Å². The molecule has 49 heavy (non-hydrogen) atoms. The number of furan rings is 1. The molecule has 0 atom stereocenters. The zero-order chi connectivity index (χ0) is 33.7. The number of benzene rings is 7. The van der Waals surface area contributed by atoms with E-state index in [2.05, 4.69) is 128 Å². The van der Waals surface area contributed by atoms with Gasteiger partial charge in [0.05, 0.1) is 11.6 Å². The first kappa shape index (κ1) is 31.5. The Morgan fingerprint density at radius 2 is 1.06 bits per heavy atom. The van der Waals surface area contributed by atoms with Crippen LogP contribution in [0.3, 0.4) is 0 Å². The molecule has 2 nitrogen and oxygen atoms in total. The lowest BCUT2D eigenvalue weighted by atomic mass is 9.93. The topological polar surface area (TPSA) is 36.9 Å². The maximum Gasteiger partial charge on any atom is 0.143 e. The van der Waals surface area contributed by atoms with Crippen LogP contribution in [0.5, 0.6) is 0 Å². The van der Waals surface area contributed by atoms with E-state index in [1.807, 2.05) is 61.5 Å². The smallest absolute Gasteiger partial charge is 0.143 e. The fourth-order valence-electron chi connectivity index (χ4n) is 6.31. The zero-order valence-corrected chi connectivity index (χ0v) is 28.0. The number of para-hydroxylation sites is 2. The predicted molar refractivity (Wildman–Crippen MR) is 209 cm³/mol. The van der Waals surface area contributed by atoms with E-state index in [1.54, 1.807) is 6.08 Å². The van der Waals surface area contributed by atoms with Gasteiger partial charge in [0.15, 0.2) is 0 Å². The number of thiol groups is 1. The predicted octanol–water partition coefficient (Wildman–Crippen LogP) is 13.3. The monoisotopic (exact) mass is 647 g/mol. The van der Waals surface area contributed by atoms with E-state index in [4.69, 9.17) is 4.42 Å². The highest BCUT2D eigenvalue weighted by atomic mass is 32.1. The van der Waals surface area contributed by atoms with Gasteiger partial charge in [0.2, 0.25) is 0 Å². The van der Waals surface area contributed by atoms with E-state index in [0.717, 1.165) is 76.9 Å².